The normalized spacial score (nSPS) is 10.9. The van der Waals surface area contributed by atoms with Gasteiger partial charge in [-0.05, 0) is 86.0 Å². The number of aryl methyl sites for hydroxylation is 2. The number of nitrogens with one attached hydrogen (secondary N) is 2. The summed E-state index contributed by atoms with van der Waals surface area (Å²) in [5.41, 5.74) is 5.72. The van der Waals surface area contributed by atoms with Crippen LogP contribution < -0.4 is 15.5 Å². The number of esters is 1. The van der Waals surface area contributed by atoms with Crippen molar-refractivity contribution in [1.29, 1.82) is 0 Å². The molecule has 0 aliphatic heterocycles. The third-order valence-corrected chi connectivity index (χ3v) is 4.81. The molecule has 0 saturated heterocycles. The Labute approximate surface area is 200 Å². The summed E-state index contributed by atoms with van der Waals surface area (Å²) in [5.74, 6) is -2.18. The molecule has 2 amide bonds. The van der Waals surface area contributed by atoms with E-state index >= 15 is 0 Å². The van der Waals surface area contributed by atoms with Crippen molar-refractivity contribution < 1.29 is 24.0 Å². The molecule has 2 N–H and O–H groups in total. The zero-order valence-electron chi connectivity index (χ0n) is 19.2. The molecule has 178 valence electrons. The highest BCUT2D eigenvalue weighted by atomic mass is 16.6. The van der Waals surface area contributed by atoms with Gasteiger partial charge in [-0.3, -0.25) is 19.7 Å². The monoisotopic (exact) mass is 474 g/mol. The molecule has 0 spiro atoms. The second-order valence-corrected chi connectivity index (χ2v) is 7.69. The fraction of sp³-hybridized carbons (Fsp3) is 0.120. The molecule has 3 aromatic carbocycles. The van der Waals surface area contributed by atoms with E-state index in [2.05, 4.69) is 15.8 Å². The van der Waals surface area contributed by atoms with Crippen LogP contribution in [-0.2, 0) is 9.59 Å². The number of benzene rings is 3. The maximum absolute atomic E-state index is 12.2. The number of hydrogen-bond acceptors (Lipinski definition) is 7. The first-order chi connectivity index (χ1) is 16.6. The Hall–Kier alpha value is -4.86. The zero-order valence-corrected chi connectivity index (χ0v) is 19.2. The first-order valence-electron chi connectivity index (χ1n) is 10.4. The highest BCUT2D eigenvalue weighted by Gasteiger charge is 2.14. The summed E-state index contributed by atoms with van der Waals surface area (Å²) >= 11 is 0. The molecule has 0 fully saturated rings. The fourth-order valence-electron chi connectivity index (χ4n) is 3.13. The number of carbonyl (C=O) groups excluding carboxylic acids is 3. The third-order valence-electron chi connectivity index (χ3n) is 4.81. The van der Waals surface area contributed by atoms with Crippen molar-refractivity contribution in [2.45, 2.75) is 20.8 Å². The lowest BCUT2D eigenvalue weighted by Gasteiger charge is -2.08. The molecule has 35 heavy (non-hydrogen) atoms. The number of nitro groups is 1. The van der Waals surface area contributed by atoms with E-state index in [1.54, 1.807) is 31.2 Å². The maximum atomic E-state index is 12.2. The molecule has 3 aromatic rings. The SMILES string of the molecule is CC(=NNC(=O)C(=O)Nc1cc(C)cc(C)c1)c1ccc(OC(=O)c2ccc([N+](=O)[O-])cc2)cc1. The Morgan fingerprint density at radius 3 is 2.00 bits per heavy atom. The number of amides is 2. The molecule has 0 unspecified atom stereocenters. The van der Waals surface area contributed by atoms with Gasteiger partial charge in [0, 0.05) is 17.8 Å². The smallest absolute Gasteiger partial charge is 0.343 e. The minimum atomic E-state index is -0.919. The van der Waals surface area contributed by atoms with Gasteiger partial charge in [0.25, 0.3) is 5.69 Å². The number of nitrogens with zero attached hydrogens (tertiary/aromatic N) is 2. The van der Waals surface area contributed by atoms with Gasteiger partial charge in [0.05, 0.1) is 16.2 Å². The molecule has 0 atom stereocenters. The molecule has 10 nitrogen and oxygen atoms in total. The number of rotatable bonds is 6. The van der Waals surface area contributed by atoms with Crippen LogP contribution in [0.25, 0.3) is 0 Å². The first-order valence-corrected chi connectivity index (χ1v) is 10.4. The molecule has 0 heterocycles. The van der Waals surface area contributed by atoms with Gasteiger partial charge >= 0.3 is 17.8 Å². The average Bonchev–Trinajstić information content (AvgIpc) is 2.82. The van der Waals surface area contributed by atoms with E-state index in [1.807, 2.05) is 19.9 Å². The van der Waals surface area contributed by atoms with Gasteiger partial charge < -0.3 is 10.1 Å². The van der Waals surface area contributed by atoms with Crippen molar-refractivity contribution in [2.75, 3.05) is 5.32 Å². The Morgan fingerprint density at radius 2 is 1.43 bits per heavy atom. The summed E-state index contributed by atoms with van der Waals surface area (Å²) in [6.45, 7) is 5.41. The number of non-ortho nitro benzene ring substituents is 1. The van der Waals surface area contributed by atoms with Crippen molar-refractivity contribution in [3.63, 3.8) is 0 Å². The molecule has 0 aromatic heterocycles. The number of nitro benzene ring substituents is 1. The molecular formula is C25H22N4O6. The molecule has 0 aliphatic rings. The van der Waals surface area contributed by atoms with Crippen molar-refractivity contribution >= 4 is 34.9 Å². The van der Waals surface area contributed by atoms with Gasteiger partial charge in [-0.25, -0.2) is 10.2 Å². The topological polar surface area (TPSA) is 140 Å². The molecule has 0 radical (unpaired) electrons. The third kappa shape index (κ3) is 6.81. The van der Waals surface area contributed by atoms with Gasteiger partial charge in [0.1, 0.15) is 5.75 Å². The number of carbonyl (C=O) groups is 3. The van der Waals surface area contributed by atoms with Crippen LogP contribution in [0.3, 0.4) is 0 Å². The van der Waals surface area contributed by atoms with Crippen molar-refractivity contribution in [2.24, 2.45) is 5.10 Å². The van der Waals surface area contributed by atoms with E-state index in [-0.39, 0.29) is 17.0 Å². The summed E-state index contributed by atoms with van der Waals surface area (Å²) in [4.78, 5) is 46.6. The highest BCUT2D eigenvalue weighted by Crippen LogP contribution is 2.17. The van der Waals surface area contributed by atoms with Crippen LogP contribution in [0.4, 0.5) is 11.4 Å². The predicted molar refractivity (Wildman–Crippen MR) is 129 cm³/mol. The van der Waals surface area contributed by atoms with E-state index in [9.17, 15) is 24.5 Å². The van der Waals surface area contributed by atoms with Crippen LogP contribution in [0.5, 0.6) is 5.75 Å². The number of hydrazone groups is 1. The van der Waals surface area contributed by atoms with Crippen LogP contribution in [-0.4, -0.2) is 28.4 Å². The Balaban J connectivity index is 1.57. The van der Waals surface area contributed by atoms with Crippen LogP contribution in [0.2, 0.25) is 0 Å². The Kier molecular flexibility index (Phi) is 7.67. The largest absolute Gasteiger partial charge is 0.423 e. The summed E-state index contributed by atoms with van der Waals surface area (Å²) in [6.07, 6.45) is 0. The second-order valence-electron chi connectivity index (χ2n) is 7.69. The summed E-state index contributed by atoms with van der Waals surface area (Å²) in [7, 11) is 0. The Bertz CT molecular complexity index is 1290. The van der Waals surface area contributed by atoms with Crippen molar-refractivity contribution in [1.82, 2.24) is 5.43 Å². The van der Waals surface area contributed by atoms with Gasteiger partial charge in [-0.15, -0.1) is 0 Å². The van der Waals surface area contributed by atoms with E-state index in [0.717, 1.165) is 11.1 Å². The van der Waals surface area contributed by atoms with E-state index in [4.69, 9.17) is 4.74 Å². The molecule has 10 heteroatoms. The number of anilines is 1. The van der Waals surface area contributed by atoms with Gasteiger partial charge in [0.2, 0.25) is 0 Å². The molecule has 0 bridgehead atoms. The molecule has 3 rings (SSSR count). The Morgan fingerprint density at radius 1 is 0.857 bits per heavy atom. The van der Waals surface area contributed by atoms with Crippen LogP contribution in [0.1, 0.15) is 34.0 Å². The lowest BCUT2D eigenvalue weighted by atomic mass is 10.1. The predicted octanol–water partition coefficient (Wildman–Crippen LogP) is 3.91. The minimum absolute atomic E-state index is 0.129. The molecule has 0 aliphatic carbocycles. The summed E-state index contributed by atoms with van der Waals surface area (Å²) in [6, 6.07) is 16.8. The van der Waals surface area contributed by atoms with Gasteiger partial charge in [0.15, 0.2) is 0 Å². The van der Waals surface area contributed by atoms with Crippen molar-refractivity contribution in [3.05, 3.63) is 99.1 Å². The average molecular weight is 474 g/mol. The van der Waals surface area contributed by atoms with Gasteiger partial charge in [-0.1, -0.05) is 6.07 Å². The highest BCUT2D eigenvalue weighted by molar-refractivity contribution is 6.39. The molecule has 0 saturated carbocycles. The van der Waals surface area contributed by atoms with E-state index in [1.165, 1.54) is 36.4 Å². The maximum Gasteiger partial charge on any atom is 0.343 e. The van der Waals surface area contributed by atoms with Gasteiger partial charge in [-0.2, -0.15) is 5.10 Å². The second kappa shape index (κ2) is 10.8. The minimum Gasteiger partial charge on any atom is -0.423 e. The summed E-state index contributed by atoms with van der Waals surface area (Å²) in [5, 5.41) is 17.2. The number of ether oxygens (including phenoxy) is 1. The fourth-order valence-corrected chi connectivity index (χ4v) is 3.13. The van der Waals surface area contributed by atoms with Crippen LogP contribution in [0.15, 0.2) is 71.8 Å². The van der Waals surface area contributed by atoms with Crippen molar-refractivity contribution in [3.8, 4) is 5.75 Å². The van der Waals surface area contributed by atoms with Crippen LogP contribution >= 0.6 is 0 Å². The lowest BCUT2D eigenvalue weighted by molar-refractivity contribution is -0.384. The first kappa shape index (κ1) is 24.8. The quantitative estimate of drug-likeness (QED) is 0.139. The summed E-state index contributed by atoms with van der Waals surface area (Å²) < 4.78 is 5.27. The molecular weight excluding hydrogens is 452 g/mol. The van der Waals surface area contributed by atoms with Crippen LogP contribution in [0, 0.1) is 24.0 Å². The number of hydrogen-bond donors (Lipinski definition) is 2. The standard InChI is InChI=1S/C25H22N4O6/c1-15-12-16(2)14-20(13-15)26-23(30)24(31)28-27-17(3)18-6-10-22(11-7-18)35-25(32)19-4-8-21(9-5-19)29(33)34/h4-14H,1-3H3,(H,26,30)(H,28,31). The lowest BCUT2D eigenvalue weighted by Crippen LogP contribution is -2.33. The van der Waals surface area contributed by atoms with E-state index < -0.39 is 22.7 Å². The van der Waals surface area contributed by atoms with E-state index in [0.29, 0.717) is 17.0 Å². The zero-order chi connectivity index (χ0) is 25.5.